The lowest BCUT2D eigenvalue weighted by Gasteiger charge is -2.33. The Morgan fingerprint density at radius 3 is 2.70 bits per heavy atom. The van der Waals surface area contributed by atoms with Crippen molar-refractivity contribution in [3.05, 3.63) is 43.0 Å². The number of nitrogens with one attached hydrogen (secondary N) is 1. The van der Waals surface area contributed by atoms with E-state index in [-0.39, 0.29) is 0 Å². The maximum atomic E-state index is 12.9. The van der Waals surface area contributed by atoms with E-state index in [9.17, 15) is 18.3 Å². The minimum Gasteiger partial charge on any atom is -0.391 e. The number of nitrogens with zero attached hydrogens (tertiary/aromatic N) is 7. The van der Waals surface area contributed by atoms with Gasteiger partial charge in [-0.1, -0.05) is 0 Å². The first-order valence-electron chi connectivity index (χ1n) is 12.4. The highest BCUT2D eigenvalue weighted by Gasteiger charge is 2.29. The standard InChI is InChI=1S/C25H27F3N8O/c26-25(27,28)15-35-13-18(10-30-35)20-11-29-23(8-21(20)34-7-1-2-19(37)14-34)32-22-6-5-17-9-31-36(24(17)33-22)12-16-3-4-16/h5-6,8-11,13,16,19,37H,1-4,7,12,14-15H2,(H,29,32,33)/t19-/m0/s1. The Hall–Kier alpha value is -3.67. The number of alkyl halides is 3. The minimum absolute atomic E-state index is 0.428. The highest BCUT2D eigenvalue weighted by atomic mass is 19.4. The quantitative estimate of drug-likeness (QED) is 0.380. The van der Waals surface area contributed by atoms with Crippen LogP contribution < -0.4 is 10.2 Å². The van der Waals surface area contributed by atoms with Crippen molar-refractivity contribution >= 4 is 28.4 Å². The molecule has 2 fully saturated rings. The van der Waals surface area contributed by atoms with Crippen LogP contribution in [0.2, 0.25) is 0 Å². The molecule has 4 aromatic rings. The summed E-state index contributed by atoms with van der Waals surface area (Å²) < 4.78 is 41.4. The summed E-state index contributed by atoms with van der Waals surface area (Å²) >= 11 is 0. The van der Waals surface area contributed by atoms with E-state index in [4.69, 9.17) is 4.98 Å². The Morgan fingerprint density at radius 1 is 1.05 bits per heavy atom. The molecule has 1 aliphatic carbocycles. The van der Waals surface area contributed by atoms with Crippen LogP contribution in [0.4, 0.5) is 30.5 Å². The summed E-state index contributed by atoms with van der Waals surface area (Å²) in [6.45, 7) is 0.839. The van der Waals surface area contributed by atoms with Gasteiger partial charge in [0.05, 0.1) is 24.2 Å². The molecular weight excluding hydrogens is 485 g/mol. The number of anilines is 3. The topological polar surface area (TPSA) is 96.9 Å². The molecule has 37 heavy (non-hydrogen) atoms. The predicted octanol–water partition coefficient (Wildman–Crippen LogP) is 4.37. The van der Waals surface area contributed by atoms with E-state index in [1.807, 2.05) is 34.0 Å². The number of aromatic nitrogens is 6. The number of halogens is 3. The van der Waals surface area contributed by atoms with Gasteiger partial charge in [0.25, 0.3) is 0 Å². The van der Waals surface area contributed by atoms with Crippen molar-refractivity contribution in [3.8, 4) is 11.1 Å². The van der Waals surface area contributed by atoms with Gasteiger partial charge in [-0.15, -0.1) is 0 Å². The van der Waals surface area contributed by atoms with Crippen LogP contribution in [0.1, 0.15) is 25.7 Å². The molecule has 1 aliphatic heterocycles. The first kappa shape index (κ1) is 23.7. The molecule has 0 radical (unpaired) electrons. The summed E-state index contributed by atoms with van der Waals surface area (Å²) in [5, 5.41) is 22.9. The molecule has 9 nitrogen and oxygen atoms in total. The van der Waals surface area contributed by atoms with Gasteiger partial charge >= 0.3 is 6.18 Å². The molecular formula is C25H27F3N8O. The Bertz CT molecular complexity index is 1410. The molecule has 0 aromatic carbocycles. The van der Waals surface area contributed by atoms with Crippen LogP contribution in [0.5, 0.6) is 0 Å². The van der Waals surface area contributed by atoms with Crippen molar-refractivity contribution in [2.45, 2.75) is 51.1 Å². The monoisotopic (exact) mass is 512 g/mol. The Balaban J connectivity index is 1.31. The number of piperidine rings is 1. The van der Waals surface area contributed by atoms with E-state index >= 15 is 0 Å². The molecule has 4 aromatic heterocycles. The maximum absolute atomic E-state index is 12.9. The third-order valence-corrected chi connectivity index (χ3v) is 6.78. The number of fused-ring (bicyclic) bond motifs is 1. The molecule has 1 atom stereocenters. The molecule has 0 unspecified atom stereocenters. The summed E-state index contributed by atoms with van der Waals surface area (Å²) in [4.78, 5) is 11.3. The molecule has 0 spiro atoms. The lowest BCUT2D eigenvalue weighted by Crippen LogP contribution is -2.38. The zero-order chi connectivity index (χ0) is 25.6. The van der Waals surface area contributed by atoms with Crippen LogP contribution in [0.3, 0.4) is 0 Å². The van der Waals surface area contributed by atoms with Gasteiger partial charge < -0.3 is 15.3 Å². The number of β-amino-alcohol motifs (C(OH)–C–C–N with tert-alkyl or cyclic N) is 1. The first-order chi connectivity index (χ1) is 17.8. The van der Waals surface area contributed by atoms with Gasteiger partial charge in [-0.2, -0.15) is 23.4 Å². The zero-order valence-electron chi connectivity index (χ0n) is 20.1. The van der Waals surface area contributed by atoms with E-state index in [1.165, 1.54) is 25.2 Å². The van der Waals surface area contributed by atoms with E-state index in [0.29, 0.717) is 41.6 Å². The second kappa shape index (κ2) is 9.33. The SMILES string of the molecule is O[C@H]1CCCN(c2cc(Nc3ccc4cnn(CC5CC5)c4n3)ncc2-c2cnn(CC(F)(F)F)c2)C1. The van der Waals surface area contributed by atoms with Gasteiger partial charge in [0.1, 0.15) is 18.2 Å². The molecule has 0 amide bonds. The normalized spacial score (nSPS) is 18.5. The largest absolute Gasteiger partial charge is 0.408 e. The maximum Gasteiger partial charge on any atom is 0.408 e. The average Bonchev–Trinajstić information content (AvgIpc) is 3.42. The predicted molar refractivity (Wildman–Crippen MR) is 133 cm³/mol. The number of aliphatic hydroxyl groups excluding tert-OH is 1. The van der Waals surface area contributed by atoms with Crippen LogP contribution >= 0.6 is 0 Å². The number of aliphatic hydroxyl groups is 1. The number of hydrogen-bond donors (Lipinski definition) is 2. The summed E-state index contributed by atoms with van der Waals surface area (Å²) in [6, 6.07) is 5.68. The van der Waals surface area contributed by atoms with Gasteiger partial charge in [-0.25, -0.2) is 14.6 Å². The average molecular weight is 513 g/mol. The molecule has 2 N–H and O–H groups in total. The van der Waals surface area contributed by atoms with E-state index in [2.05, 4.69) is 20.5 Å². The highest BCUT2D eigenvalue weighted by Crippen LogP contribution is 2.35. The Morgan fingerprint density at radius 2 is 1.92 bits per heavy atom. The van der Waals surface area contributed by atoms with Gasteiger partial charge in [0, 0.05) is 54.6 Å². The van der Waals surface area contributed by atoms with E-state index in [0.717, 1.165) is 40.9 Å². The number of hydrogen-bond acceptors (Lipinski definition) is 7. The van der Waals surface area contributed by atoms with Gasteiger partial charge in [-0.3, -0.25) is 4.68 Å². The summed E-state index contributed by atoms with van der Waals surface area (Å²) in [5.74, 6) is 1.83. The van der Waals surface area contributed by atoms with Gasteiger partial charge in [0.15, 0.2) is 5.65 Å². The van der Waals surface area contributed by atoms with Crippen molar-refractivity contribution in [2.24, 2.45) is 5.92 Å². The third kappa shape index (κ3) is 5.38. The smallest absolute Gasteiger partial charge is 0.391 e. The molecule has 1 saturated heterocycles. The Kier molecular flexibility index (Phi) is 5.98. The van der Waals surface area contributed by atoms with Crippen molar-refractivity contribution in [2.75, 3.05) is 23.3 Å². The number of pyridine rings is 2. The molecule has 0 bridgehead atoms. The molecule has 194 valence electrons. The van der Waals surface area contributed by atoms with E-state index in [1.54, 1.807) is 6.20 Å². The fourth-order valence-electron chi connectivity index (χ4n) is 4.78. The minimum atomic E-state index is -4.36. The van der Waals surface area contributed by atoms with Gasteiger partial charge in [-0.05, 0) is 43.7 Å². The molecule has 5 heterocycles. The lowest BCUT2D eigenvalue weighted by molar-refractivity contribution is -0.142. The second-order valence-electron chi connectivity index (χ2n) is 9.87. The molecule has 6 rings (SSSR count). The first-order valence-corrected chi connectivity index (χ1v) is 12.4. The van der Waals surface area contributed by atoms with Gasteiger partial charge in [0.2, 0.25) is 0 Å². The van der Waals surface area contributed by atoms with Crippen molar-refractivity contribution in [1.29, 1.82) is 0 Å². The van der Waals surface area contributed by atoms with Crippen LogP contribution in [0, 0.1) is 5.92 Å². The number of rotatable bonds is 7. The molecule has 12 heteroatoms. The zero-order valence-corrected chi connectivity index (χ0v) is 20.1. The lowest BCUT2D eigenvalue weighted by atomic mass is 10.0. The summed E-state index contributed by atoms with van der Waals surface area (Å²) in [7, 11) is 0. The highest BCUT2D eigenvalue weighted by molar-refractivity contribution is 5.81. The fraction of sp³-hybridized carbons (Fsp3) is 0.440. The van der Waals surface area contributed by atoms with Crippen molar-refractivity contribution in [1.82, 2.24) is 29.5 Å². The van der Waals surface area contributed by atoms with Crippen LogP contribution in [-0.4, -0.2) is 60.0 Å². The molecule has 2 aliphatic rings. The van der Waals surface area contributed by atoms with Crippen LogP contribution in [0.25, 0.3) is 22.2 Å². The van der Waals surface area contributed by atoms with Crippen molar-refractivity contribution < 1.29 is 18.3 Å². The third-order valence-electron chi connectivity index (χ3n) is 6.78. The van der Waals surface area contributed by atoms with Crippen LogP contribution in [0.15, 0.2) is 43.0 Å². The van der Waals surface area contributed by atoms with E-state index < -0.39 is 18.8 Å². The van der Waals surface area contributed by atoms with Crippen LogP contribution in [-0.2, 0) is 13.1 Å². The molecule has 1 saturated carbocycles. The summed E-state index contributed by atoms with van der Waals surface area (Å²) in [6.07, 6.45) is 5.36. The fourth-order valence-corrected chi connectivity index (χ4v) is 4.78. The second-order valence-corrected chi connectivity index (χ2v) is 9.87. The Labute approximate surface area is 210 Å². The summed E-state index contributed by atoms with van der Waals surface area (Å²) in [5.41, 5.74) is 2.76. The van der Waals surface area contributed by atoms with Crippen molar-refractivity contribution in [3.63, 3.8) is 0 Å².